The van der Waals surface area contributed by atoms with Crippen LogP contribution in [-0.4, -0.2) is 18.3 Å². The van der Waals surface area contributed by atoms with E-state index < -0.39 is 0 Å². The van der Waals surface area contributed by atoms with Crippen LogP contribution in [0.1, 0.15) is 15.9 Å². The molecule has 4 heteroatoms. The van der Waals surface area contributed by atoms with Gasteiger partial charge in [0, 0.05) is 5.56 Å². The van der Waals surface area contributed by atoms with E-state index in [0.29, 0.717) is 5.56 Å². The smallest absolute Gasteiger partial charge is 0.251 e. The summed E-state index contributed by atoms with van der Waals surface area (Å²) in [7, 11) is 0. The number of nitrogens with one attached hydrogen (secondary N) is 2. The van der Waals surface area contributed by atoms with Crippen molar-refractivity contribution in [1.82, 2.24) is 5.32 Å². The molecule has 1 aromatic carbocycles. The Bertz CT molecular complexity index is 360. The molecule has 4 nitrogen and oxygen atoms in total. The van der Waals surface area contributed by atoms with E-state index in [9.17, 15) is 4.79 Å². The summed E-state index contributed by atoms with van der Waals surface area (Å²) in [6, 6.07) is 7.28. The summed E-state index contributed by atoms with van der Waals surface area (Å²) < 4.78 is 0. The molecule has 0 unspecified atom stereocenters. The highest BCUT2D eigenvalue weighted by Gasteiger charge is 2.06. The number of hydrogen-bond donors (Lipinski definition) is 3. The van der Waals surface area contributed by atoms with Gasteiger partial charge in [-0.3, -0.25) is 10.2 Å². The van der Waals surface area contributed by atoms with Crippen molar-refractivity contribution in [3.63, 3.8) is 0 Å². The van der Waals surface area contributed by atoms with Gasteiger partial charge in [0.15, 0.2) is 0 Å². The van der Waals surface area contributed by atoms with Gasteiger partial charge in [0.1, 0.15) is 5.84 Å². The van der Waals surface area contributed by atoms with Crippen LogP contribution in [0.15, 0.2) is 24.3 Å². The molecule has 14 heavy (non-hydrogen) atoms. The number of amidine groups is 1. The molecule has 0 radical (unpaired) electrons. The van der Waals surface area contributed by atoms with E-state index in [0.717, 1.165) is 5.56 Å². The van der Waals surface area contributed by atoms with Gasteiger partial charge in [-0.2, -0.15) is 0 Å². The predicted octanol–water partition coefficient (Wildman–Crippen LogP) is 0.661. The molecule has 0 aliphatic rings. The van der Waals surface area contributed by atoms with Crippen molar-refractivity contribution in [3.05, 3.63) is 35.4 Å². The van der Waals surface area contributed by atoms with Gasteiger partial charge < -0.3 is 11.1 Å². The van der Waals surface area contributed by atoms with Crippen molar-refractivity contribution >= 4 is 11.7 Å². The van der Waals surface area contributed by atoms with Crippen LogP contribution in [0.5, 0.6) is 0 Å². The van der Waals surface area contributed by atoms with Crippen LogP contribution in [0.3, 0.4) is 0 Å². The zero-order valence-corrected chi connectivity index (χ0v) is 8.00. The standard InChI is InChI=1S/C10H13N3O/c1-7-4-2-3-5-8(7)10(14)13-6-9(11)12/h2-5H,6H2,1H3,(H3,11,12)(H,13,14). The van der Waals surface area contributed by atoms with Gasteiger partial charge in [0.2, 0.25) is 0 Å². The Hall–Kier alpha value is -1.84. The van der Waals surface area contributed by atoms with Crippen LogP contribution in [0.4, 0.5) is 0 Å². The molecular formula is C10H13N3O. The molecule has 1 amide bonds. The minimum atomic E-state index is -0.196. The summed E-state index contributed by atoms with van der Waals surface area (Å²) in [5.41, 5.74) is 6.66. The molecular weight excluding hydrogens is 178 g/mol. The van der Waals surface area contributed by atoms with Crippen LogP contribution in [0, 0.1) is 12.3 Å². The fourth-order valence-corrected chi connectivity index (χ4v) is 1.10. The van der Waals surface area contributed by atoms with E-state index in [1.54, 1.807) is 12.1 Å². The molecule has 0 bridgehead atoms. The second kappa shape index (κ2) is 4.41. The maximum absolute atomic E-state index is 11.5. The number of carbonyl (C=O) groups is 1. The average Bonchev–Trinajstić information content (AvgIpc) is 2.15. The second-order valence-corrected chi connectivity index (χ2v) is 3.02. The number of amides is 1. The number of rotatable bonds is 3. The van der Waals surface area contributed by atoms with Crippen molar-refractivity contribution in [2.75, 3.05) is 6.54 Å². The Balaban J connectivity index is 2.70. The highest BCUT2D eigenvalue weighted by molar-refractivity contribution is 5.97. The van der Waals surface area contributed by atoms with E-state index in [1.165, 1.54) is 0 Å². The molecule has 0 heterocycles. The molecule has 0 atom stereocenters. The third-order valence-corrected chi connectivity index (χ3v) is 1.83. The van der Waals surface area contributed by atoms with Gasteiger partial charge in [-0.25, -0.2) is 0 Å². The molecule has 4 N–H and O–H groups in total. The fraction of sp³-hybridized carbons (Fsp3) is 0.200. The average molecular weight is 191 g/mol. The maximum atomic E-state index is 11.5. The molecule has 0 aliphatic heterocycles. The minimum absolute atomic E-state index is 0.0491. The van der Waals surface area contributed by atoms with E-state index in [-0.39, 0.29) is 18.3 Å². The summed E-state index contributed by atoms with van der Waals surface area (Å²) in [5.74, 6) is -0.245. The van der Waals surface area contributed by atoms with Crippen molar-refractivity contribution in [2.24, 2.45) is 5.73 Å². The normalized spacial score (nSPS) is 9.50. The molecule has 0 saturated heterocycles. The quantitative estimate of drug-likeness (QED) is 0.484. The third kappa shape index (κ3) is 2.58. The van der Waals surface area contributed by atoms with Crippen LogP contribution in [0.25, 0.3) is 0 Å². The van der Waals surface area contributed by atoms with Crippen molar-refractivity contribution in [3.8, 4) is 0 Å². The topological polar surface area (TPSA) is 79.0 Å². The van der Waals surface area contributed by atoms with Gasteiger partial charge in [0.05, 0.1) is 6.54 Å². The Labute approximate surface area is 82.6 Å². The lowest BCUT2D eigenvalue weighted by Gasteiger charge is -2.05. The summed E-state index contributed by atoms with van der Waals surface area (Å²) in [4.78, 5) is 11.5. The molecule has 0 aromatic heterocycles. The first-order chi connectivity index (χ1) is 6.61. The number of carbonyl (C=O) groups excluding carboxylic acids is 1. The van der Waals surface area contributed by atoms with Crippen molar-refractivity contribution in [1.29, 1.82) is 5.41 Å². The first-order valence-electron chi connectivity index (χ1n) is 4.28. The lowest BCUT2D eigenvalue weighted by molar-refractivity contribution is 0.0958. The summed E-state index contributed by atoms with van der Waals surface area (Å²) in [5, 5.41) is 9.52. The predicted molar refractivity (Wildman–Crippen MR) is 55.4 cm³/mol. The van der Waals surface area contributed by atoms with Crippen molar-refractivity contribution in [2.45, 2.75) is 6.92 Å². The van der Waals surface area contributed by atoms with Gasteiger partial charge in [-0.15, -0.1) is 0 Å². The molecule has 0 fully saturated rings. The first-order valence-corrected chi connectivity index (χ1v) is 4.28. The fourth-order valence-electron chi connectivity index (χ4n) is 1.10. The highest BCUT2D eigenvalue weighted by Crippen LogP contribution is 2.05. The summed E-state index contributed by atoms with van der Waals surface area (Å²) in [6.07, 6.45) is 0. The highest BCUT2D eigenvalue weighted by atomic mass is 16.1. The Morgan fingerprint density at radius 1 is 1.50 bits per heavy atom. The Morgan fingerprint density at radius 3 is 2.71 bits per heavy atom. The van der Waals surface area contributed by atoms with Gasteiger partial charge in [-0.05, 0) is 18.6 Å². The molecule has 1 aromatic rings. The first kappa shape index (κ1) is 10.2. The van der Waals surface area contributed by atoms with E-state index in [1.807, 2.05) is 19.1 Å². The van der Waals surface area contributed by atoms with Gasteiger partial charge >= 0.3 is 0 Å². The van der Waals surface area contributed by atoms with Gasteiger partial charge in [0.25, 0.3) is 5.91 Å². The summed E-state index contributed by atoms with van der Waals surface area (Å²) >= 11 is 0. The summed E-state index contributed by atoms with van der Waals surface area (Å²) in [6.45, 7) is 1.95. The van der Waals surface area contributed by atoms with Gasteiger partial charge in [-0.1, -0.05) is 18.2 Å². The number of nitrogens with two attached hydrogens (primary N) is 1. The maximum Gasteiger partial charge on any atom is 0.251 e. The van der Waals surface area contributed by atoms with Crippen LogP contribution < -0.4 is 11.1 Å². The molecule has 74 valence electrons. The van der Waals surface area contributed by atoms with Crippen LogP contribution in [0.2, 0.25) is 0 Å². The Morgan fingerprint density at radius 2 is 2.14 bits per heavy atom. The Kier molecular flexibility index (Phi) is 3.23. The SMILES string of the molecule is Cc1ccccc1C(=O)NCC(=N)N. The monoisotopic (exact) mass is 191 g/mol. The molecule has 0 saturated carbocycles. The zero-order chi connectivity index (χ0) is 10.6. The largest absolute Gasteiger partial charge is 0.386 e. The lowest BCUT2D eigenvalue weighted by atomic mass is 10.1. The van der Waals surface area contributed by atoms with E-state index in [4.69, 9.17) is 11.1 Å². The molecule has 0 spiro atoms. The van der Waals surface area contributed by atoms with Crippen LogP contribution >= 0.6 is 0 Å². The lowest BCUT2D eigenvalue weighted by Crippen LogP contribution is -2.33. The minimum Gasteiger partial charge on any atom is -0.386 e. The van der Waals surface area contributed by atoms with Crippen molar-refractivity contribution < 1.29 is 4.79 Å². The van der Waals surface area contributed by atoms with E-state index >= 15 is 0 Å². The number of hydrogen-bond acceptors (Lipinski definition) is 2. The molecule has 1 rings (SSSR count). The third-order valence-electron chi connectivity index (χ3n) is 1.83. The second-order valence-electron chi connectivity index (χ2n) is 3.02. The van der Waals surface area contributed by atoms with E-state index in [2.05, 4.69) is 5.32 Å². The zero-order valence-electron chi connectivity index (χ0n) is 8.00. The number of benzene rings is 1. The number of aryl methyl sites for hydroxylation is 1. The van der Waals surface area contributed by atoms with Crippen LogP contribution in [-0.2, 0) is 0 Å². The molecule has 0 aliphatic carbocycles.